The molecule has 0 radical (unpaired) electrons. The van der Waals surface area contributed by atoms with Gasteiger partial charge in [-0.15, -0.1) is 11.3 Å². The molecule has 1 aromatic rings. The highest BCUT2D eigenvalue weighted by Gasteiger charge is 2.13. The van der Waals surface area contributed by atoms with Gasteiger partial charge in [0.25, 0.3) is 0 Å². The van der Waals surface area contributed by atoms with E-state index in [1.165, 1.54) is 22.8 Å². The van der Waals surface area contributed by atoms with Gasteiger partial charge in [0.05, 0.1) is 4.34 Å². The van der Waals surface area contributed by atoms with Gasteiger partial charge in [-0.1, -0.05) is 11.6 Å². The first-order chi connectivity index (χ1) is 6.84. The van der Waals surface area contributed by atoms with E-state index in [-0.39, 0.29) is 0 Å². The Labute approximate surface area is 98.2 Å². The second-order valence-electron chi connectivity index (χ2n) is 3.47. The van der Waals surface area contributed by atoms with Gasteiger partial charge in [0.15, 0.2) is 0 Å². The Morgan fingerprint density at radius 1 is 1.50 bits per heavy atom. The van der Waals surface area contributed by atoms with Gasteiger partial charge < -0.3 is 5.32 Å². The molecule has 1 unspecified atom stereocenters. The Hall–Kier alpha value is 0.300. The average Bonchev–Trinajstić information content (AvgIpc) is 2.77. The molecule has 1 aromatic heterocycles. The van der Waals surface area contributed by atoms with Crippen molar-refractivity contribution in [2.45, 2.75) is 18.9 Å². The Morgan fingerprint density at radius 3 is 3.07 bits per heavy atom. The van der Waals surface area contributed by atoms with Crippen LogP contribution >= 0.6 is 34.7 Å². The van der Waals surface area contributed by atoms with Crippen molar-refractivity contribution in [3.8, 4) is 0 Å². The SMILES string of the molecule is Clc1ccc(CCNC2CCSC2)s1. The predicted octanol–water partition coefficient (Wildman–Crippen LogP) is 3.04. The number of rotatable bonds is 4. The third kappa shape index (κ3) is 3.16. The van der Waals surface area contributed by atoms with Gasteiger partial charge in [0, 0.05) is 23.2 Å². The van der Waals surface area contributed by atoms with Crippen molar-refractivity contribution in [3.63, 3.8) is 0 Å². The molecule has 1 nitrogen and oxygen atoms in total. The van der Waals surface area contributed by atoms with E-state index in [4.69, 9.17) is 11.6 Å². The summed E-state index contributed by atoms with van der Waals surface area (Å²) in [6.07, 6.45) is 2.44. The van der Waals surface area contributed by atoms with E-state index in [9.17, 15) is 0 Å². The van der Waals surface area contributed by atoms with Crippen LogP contribution in [0.3, 0.4) is 0 Å². The molecule has 4 heteroatoms. The first kappa shape index (κ1) is 10.8. The molecule has 0 amide bonds. The lowest BCUT2D eigenvalue weighted by molar-refractivity contribution is 0.562. The molecule has 2 rings (SSSR count). The number of halogens is 1. The molecule has 2 heterocycles. The summed E-state index contributed by atoms with van der Waals surface area (Å²) in [7, 11) is 0. The second-order valence-corrected chi connectivity index (χ2v) is 6.42. The summed E-state index contributed by atoms with van der Waals surface area (Å²) in [6, 6.07) is 4.85. The smallest absolute Gasteiger partial charge is 0.0931 e. The summed E-state index contributed by atoms with van der Waals surface area (Å²) >= 11 is 9.60. The topological polar surface area (TPSA) is 12.0 Å². The van der Waals surface area contributed by atoms with E-state index >= 15 is 0 Å². The standard InChI is InChI=1S/C10H14ClNS2/c11-10-2-1-9(14-10)3-5-12-8-4-6-13-7-8/h1-2,8,12H,3-7H2. The van der Waals surface area contributed by atoms with E-state index in [1.807, 2.05) is 6.07 Å². The molecule has 0 bridgehead atoms. The van der Waals surface area contributed by atoms with Crippen molar-refractivity contribution in [2.24, 2.45) is 0 Å². The lowest BCUT2D eigenvalue weighted by Gasteiger charge is -2.09. The van der Waals surface area contributed by atoms with Crippen LogP contribution < -0.4 is 5.32 Å². The van der Waals surface area contributed by atoms with Crippen LogP contribution in [-0.2, 0) is 6.42 Å². The van der Waals surface area contributed by atoms with E-state index in [1.54, 1.807) is 11.3 Å². The van der Waals surface area contributed by atoms with Gasteiger partial charge in [-0.05, 0) is 30.7 Å². The zero-order chi connectivity index (χ0) is 9.80. The second kappa shape index (κ2) is 5.40. The largest absolute Gasteiger partial charge is 0.313 e. The summed E-state index contributed by atoms with van der Waals surface area (Å²) in [5.74, 6) is 2.60. The number of hydrogen-bond acceptors (Lipinski definition) is 3. The zero-order valence-electron chi connectivity index (χ0n) is 7.96. The lowest BCUT2D eigenvalue weighted by Crippen LogP contribution is -2.30. The fourth-order valence-electron chi connectivity index (χ4n) is 1.58. The minimum Gasteiger partial charge on any atom is -0.313 e. The van der Waals surface area contributed by atoms with Gasteiger partial charge in [-0.3, -0.25) is 0 Å². The molecule has 1 atom stereocenters. The molecule has 14 heavy (non-hydrogen) atoms. The van der Waals surface area contributed by atoms with E-state index in [0.29, 0.717) is 0 Å². The number of thioether (sulfide) groups is 1. The predicted molar refractivity (Wildman–Crippen MR) is 66.8 cm³/mol. The minimum absolute atomic E-state index is 0.746. The van der Waals surface area contributed by atoms with Crippen LogP contribution in [0.5, 0.6) is 0 Å². The first-order valence-electron chi connectivity index (χ1n) is 4.90. The third-order valence-corrected chi connectivity index (χ3v) is 4.82. The molecule has 78 valence electrons. The van der Waals surface area contributed by atoms with Gasteiger partial charge in [-0.25, -0.2) is 0 Å². The van der Waals surface area contributed by atoms with Crippen LogP contribution in [0.2, 0.25) is 4.34 Å². The maximum absolute atomic E-state index is 5.86. The Kier molecular flexibility index (Phi) is 4.17. The summed E-state index contributed by atoms with van der Waals surface area (Å²) < 4.78 is 0.899. The van der Waals surface area contributed by atoms with Crippen molar-refractivity contribution in [2.75, 3.05) is 18.1 Å². The van der Waals surface area contributed by atoms with Crippen LogP contribution in [0.15, 0.2) is 12.1 Å². The zero-order valence-corrected chi connectivity index (χ0v) is 10.4. The van der Waals surface area contributed by atoms with Gasteiger partial charge in [-0.2, -0.15) is 11.8 Å². The molecule has 1 aliphatic heterocycles. The van der Waals surface area contributed by atoms with E-state index < -0.39 is 0 Å². The van der Waals surface area contributed by atoms with Crippen LogP contribution in [0.4, 0.5) is 0 Å². The fraction of sp³-hybridized carbons (Fsp3) is 0.600. The molecule has 1 N–H and O–H groups in total. The highest BCUT2D eigenvalue weighted by atomic mass is 35.5. The third-order valence-electron chi connectivity index (χ3n) is 2.36. The number of thiophene rings is 1. The molecule has 0 aromatic carbocycles. The van der Waals surface area contributed by atoms with Crippen LogP contribution in [-0.4, -0.2) is 24.1 Å². The normalized spacial score (nSPS) is 21.6. The Balaban J connectivity index is 1.67. The molecule has 0 spiro atoms. The van der Waals surface area contributed by atoms with Gasteiger partial charge in [0.2, 0.25) is 0 Å². The monoisotopic (exact) mass is 247 g/mol. The highest BCUT2D eigenvalue weighted by molar-refractivity contribution is 7.99. The molecule has 1 saturated heterocycles. The molecule has 0 saturated carbocycles. The Morgan fingerprint density at radius 2 is 2.43 bits per heavy atom. The number of hydrogen-bond donors (Lipinski definition) is 1. The first-order valence-corrected chi connectivity index (χ1v) is 7.25. The van der Waals surface area contributed by atoms with Crippen molar-refractivity contribution >= 4 is 34.7 Å². The van der Waals surface area contributed by atoms with Crippen LogP contribution in [0.25, 0.3) is 0 Å². The van der Waals surface area contributed by atoms with Gasteiger partial charge in [0.1, 0.15) is 0 Å². The molecule has 1 fully saturated rings. The van der Waals surface area contributed by atoms with E-state index in [2.05, 4.69) is 23.1 Å². The van der Waals surface area contributed by atoms with Crippen molar-refractivity contribution in [1.29, 1.82) is 0 Å². The molecular formula is C10H14ClNS2. The van der Waals surface area contributed by atoms with Crippen molar-refractivity contribution in [1.82, 2.24) is 5.32 Å². The Bertz CT molecular complexity index is 281. The molecular weight excluding hydrogens is 234 g/mol. The minimum atomic E-state index is 0.746. The summed E-state index contributed by atoms with van der Waals surface area (Å²) in [6.45, 7) is 1.09. The summed E-state index contributed by atoms with van der Waals surface area (Å²) in [4.78, 5) is 1.38. The van der Waals surface area contributed by atoms with E-state index in [0.717, 1.165) is 23.3 Å². The van der Waals surface area contributed by atoms with Gasteiger partial charge >= 0.3 is 0 Å². The quantitative estimate of drug-likeness (QED) is 0.878. The maximum atomic E-state index is 5.86. The lowest BCUT2D eigenvalue weighted by atomic mass is 10.2. The van der Waals surface area contributed by atoms with Crippen molar-refractivity contribution in [3.05, 3.63) is 21.3 Å². The maximum Gasteiger partial charge on any atom is 0.0931 e. The van der Waals surface area contributed by atoms with Crippen LogP contribution in [0.1, 0.15) is 11.3 Å². The average molecular weight is 248 g/mol. The fourth-order valence-corrected chi connectivity index (χ4v) is 3.86. The summed E-state index contributed by atoms with van der Waals surface area (Å²) in [5.41, 5.74) is 0. The highest BCUT2D eigenvalue weighted by Crippen LogP contribution is 2.22. The molecule has 1 aliphatic rings. The van der Waals surface area contributed by atoms with Crippen molar-refractivity contribution < 1.29 is 0 Å². The molecule has 0 aliphatic carbocycles. The number of nitrogens with one attached hydrogen (secondary N) is 1. The summed E-state index contributed by atoms with van der Waals surface area (Å²) in [5, 5.41) is 3.58. The van der Waals surface area contributed by atoms with Crippen LogP contribution in [0, 0.1) is 0 Å².